The van der Waals surface area contributed by atoms with Crippen molar-refractivity contribution in [2.45, 2.75) is 25.3 Å². The van der Waals surface area contributed by atoms with Crippen LogP contribution in [0.3, 0.4) is 0 Å². The molecule has 2 rings (SSSR count). The fourth-order valence-electron chi connectivity index (χ4n) is 2.92. The fraction of sp³-hybridized carbons (Fsp3) is 0.667. The molecule has 0 spiro atoms. The number of hydrogen-bond donors (Lipinski definition) is 2. The number of alkyl carbamates (subject to hydrolysis) is 1. The molecule has 0 heterocycles. The lowest BCUT2D eigenvalue weighted by Crippen LogP contribution is -2.50. The fourth-order valence-corrected chi connectivity index (χ4v) is 2.92. The summed E-state index contributed by atoms with van der Waals surface area (Å²) in [7, 11) is 0. The van der Waals surface area contributed by atoms with E-state index in [1.807, 2.05) is 0 Å². The molecule has 5 heteroatoms. The van der Waals surface area contributed by atoms with Crippen molar-refractivity contribution in [3.8, 4) is 0 Å². The monoisotopic (exact) mass is 239 g/mol. The molecule has 5 nitrogen and oxygen atoms in total. The van der Waals surface area contributed by atoms with Gasteiger partial charge in [0.2, 0.25) is 0 Å². The number of carboxylic acid groups (broad SMARTS) is 1. The number of carbonyl (C=O) groups is 2. The summed E-state index contributed by atoms with van der Waals surface area (Å²) in [6.07, 6.45) is 3.37. The average Bonchev–Trinajstić information content (AvgIpc) is 2.61. The molecular weight excluding hydrogens is 222 g/mol. The molecule has 0 bridgehead atoms. The van der Waals surface area contributed by atoms with Gasteiger partial charge in [0, 0.05) is 6.04 Å². The van der Waals surface area contributed by atoms with Crippen molar-refractivity contribution in [1.29, 1.82) is 0 Å². The van der Waals surface area contributed by atoms with Gasteiger partial charge in [-0.3, -0.25) is 4.79 Å². The number of ether oxygens (including phenoxy) is 1. The normalized spacial score (nSPS) is 34.4. The standard InChI is InChI=1S/C12H17NO4/c1-2-3-17-12(16)13-10-6-7-4-8(11(14)15)5-9(7)10/h2,7-10H,1,3-6H2,(H,13,16)(H,14,15)/t7-,8?,9-,10-/m1/s1. The van der Waals surface area contributed by atoms with Crippen LogP contribution < -0.4 is 5.32 Å². The van der Waals surface area contributed by atoms with Crippen molar-refractivity contribution in [1.82, 2.24) is 5.32 Å². The summed E-state index contributed by atoms with van der Waals surface area (Å²) in [6, 6.07) is 0.0849. The molecule has 0 saturated heterocycles. The van der Waals surface area contributed by atoms with Gasteiger partial charge >= 0.3 is 12.1 Å². The molecule has 1 amide bonds. The van der Waals surface area contributed by atoms with Gasteiger partial charge in [-0.05, 0) is 31.1 Å². The van der Waals surface area contributed by atoms with E-state index in [1.165, 1.54) is 6.08 Å². The minimum Gasteiger partial charge on any atom is -0.481 e. The molecule has 0 radical (unpaired) electrons. The Bertz CT molecular complexity index is 341. The minimum atomic E-state index is -0.715. The van der Waals surface area contributed by atoms with E-state index < -0.39 is 12.1 Å². The van der Waals surface area contributed by atoms with Crippen LogP contribution in [0.4, 0.5) is 4.79 Å². The summed E-state index contributed by atoms with van der Waals surface area (Å²) < 4.78 is 4.84. The van der Waals surface area contributed by atoms with Crippen LogP contribution in [0.2, 0.25) is 0 Å². The summed E-state index contributed by atoms with van der Waals surface area (Å²) >= 11 is 0. The molecule has 2 N–H and O–H groups in total. The summed E-state index contributed by atoms with van der Waals surface area (Å²) in [6.45, 7) is 3.66. The van der Waals surface area contributed by atoms with E-state index in [0.717, 1.165) is 12.8 Å². The van der Waals surface area contributed by atoms with Crippen LogP contribution in [0.15, 0.2) is 12.7 Å². The van der Waals surface area contributed by atoms with Gasteiger partial charge in [0.05, 0.1) is 5.92 Å². The Hall–Kier alpha value is -1.52. The number of carbonyl (C=O) groups excluding carboxylic acids is 1. The molecule has 0 aromatic rings. The van der Waals surface area contributed by atoms with E-state index >= 15 is 0 Å². The maximum Gasteiger partial charge on any atom is 0.407 e. The van der Waals surface area contributed by atoms with Gasteiger partial charge in [-0.15, -0.1) is 0 Å². The molecule has 17 heavy (non-hydrogen) atoms. The van der Waals surface area contributed by atoms with Gasteiger partial charge in [-0.25, -0.2) is 4.79 Å². The van der Waals surface area contributed by atoms with Crippen LogP contribution in [0, 0.1) is 17.8 Å². The molecule has 2 fully saturated rings. The second kappa shape index (κ2) is 4.77. The van der Waals surface area contributed by atoms with E-state index in [0.29, 0.717) is 18.3 Å². The van der Waals surface area contributed by atoms with Crippen LogP contribution in [-0.2, 0) is 9.53 Å². The van der Waals surface area contributed by atoms with Gasteiger partial charge in [-0.1, -0.05) is 12.7 Å². The average molecular weight is 239 g/mol. The third-order valence-corrected chi connectivity index (χ3v) is 3.81. The number of hydrogen-bond acceptors (Lipinski definition) is 3. The first-order chi connectivity index (χ1) is 8.11. The van der Waals surface area contributed by atoms with Crippen molar-refractivity contribution in [3.05, 3.63) is 12.7 Å². The number of nitrogens with one attached hydrogen (secondary N) is 1. The van der Waals surface area contributed by atoms with Crippen molar-refractivity contribution < 1.29 is 19.4 Å². The quantitative estimate of drug-likeness (QED) is 0.727. The lowest BCUT2D eigenvalue weighted by atomic mass is 9.71. The topological polar surface area (TPSA) is 75.6 Å². The first-order valence-corrected chi connectivity index (χ1v) is 5.88. The number of carboxylic acids is 1. The predicted octanol–water partition coefficient (Wildman–Crippen LogP) is 1.40. The Morgan fingerprint density at radius 2 is 2.18 bits per heavy atom. The number of fused-ring (bicyclic) bond motifs is 1. The summed E-state index contributed by atoms with van der Waals surface area (Å²) in [5, 5.41) is 11.7. The van der Waals surface area contributed by atoms with Gasteiger partial charge < -0.3 is 15.2 Å². The smallest absolute Gasteiger partial charge is 0.407 e. The molecule has 1 unspecified atom stereocenters. The second-order valence-electron chi connectivity index (χ2n) is 4.80. The van der Waals surface area contributed by atoms with Crippen molar-refractivity contribution >= 4 is 12.1 Å². The van der Waals surface area contributed by atoms with Crippen LogP contribution >= 0.6 is 0 Å². The zero-order chi connectivity index (χ0) is 12.4. The highest BCUT2D eigenvalue weighted by molar-refractivity contribution is 5.71. The Labute approximate surface area is 99.8 Å². The molecule has 2 aliphatic rings. The molecule has 0 aromatic heterocycles. The number of aliphatic carboxylic acids is 1. The zero-order valence-electron chi connectivity index (χ0n) is 9.59. The van der Waals surface area contributed by atoms with Crippen molar-refractivity contribution in [2.75, 3.05) is 6.61 Å². The summed E-state index contributed by atoms with van der Waals surface area (Å²) in [5.41, 5.74) is 0. The van der Waals surface area contributed by atoms with Gasteiger partial charge in [0.1, 0.15) is 6.61 Å². The lowest BCUT2D eigenvalue weighted by molar-refractivity contribution is -0.141. The third kappa shape index (κ3) is 2.43. The largest absolute Gasteiger partial charge is 0.481 e. The first-order valence-electron chi connectivity index (χ1n) is 5.88. The molecule has 4 atom stereocenters. The van der Waals surface area contributed by atoms with E-state index in [1.54, 1.807) is 0 Å². The predicted molar refractivity (Wildman–Crippen MR) is 60.4 cm³/mol. The minimum absolute atomic E-state index is 0.0849. The maximum absolute atomic E-state index is 11.3. The molecule has 2 saturated carbocycles. The molecule has 94 valence electrons. The zero-order valence-corrected chi connectivity index (χ0v) is 9.59. The van der Waals surface area contributed by atoms with E-state index in [9.17, 15) is 9.59 Å². The highest BCUT2D eigenvalue weighted by atomic mass is 16.5. The van der Waals surface area contributed by atoms with Crippen molar-refractivity contribution in [2.24, 2.45) is 17.8 Å². The Balaban J connectivity index is 1.77. The van der Waals surface area contributed by atoms with Crippen LogP contribution in [-0.4, -0.2) is 29.8 Å². The Morgan fingerprint density at radius 1 is 1.41 bits per heavy atom. The van der Waals surface area contributed by atoms with E-state index in [4.69, 9.17) is 9.84 Å². The lowest BCUT2D eigenvalue weighted by Gasteiger charge is -2.40. The first kappa shape index (κ1) is 12.0. The number of amides is 1. The SMILES string of the molecule is C=CCOC(=O)N[C@@H]1C[C@H]2CC(C(=O)O)C[C@H]21. The van der Waals surface area contributed by atoms with E-state index in [-0.39, 0.29) is 18.6 Å². The maximum atomic E-state index is 11.3. The Morgan fingerprint density at radius 3 is 2.82 bits per heavy atom. The molecule has 0 aliphatic heterocycles. The second-order valence-corrected chi connectivity index (χ2v) is 4.80. The molecule has 0 aromatic carbocycles. The summed E-state index contributed by atoms with van der Waals surface area (Å²) in [5.74, 6) is -0.179. The van der Waals surface area contributed by atoms with Gasteiger partial charge in [0.15, 0.2) is 0 Å². The summed E-state index contributed by atoms with van der Waals surface area (Å²) in [4.78, 5) is 22.2. The van der Waals surface area contributed by atoms with Crippen LogP contribution in [0.25, 0.3) is 0 Å². The molecule has 2 aliphatic carbocycles. The highest BCUT2D eigenvalue weighted by Gasteiger charge is 2.50. The number of rotatable bonds is 4. The van der Waals surface area contributed by atoms with Crippen LogP contribution in [0.1, 0.15) is 19.3 Å². The van der Waals surface area contributed by atoms with E-state index in [2.05, 4.69) is 11.9 Å². The highest BCUT2D eigenvalue weighted by Crippen LogP contribution is 2.49. The van der Waals surface area contributed by atoms with Crippen molar-refractivity contribution in [3.63, 3.8) is 0 Å². The third-order valence-electron chi connectivity index (χ3n) is 3.81. The Kier molecular flexibility index (Phi) is 3.36. The van der Waals surface area contributed by atoms with Gasteiger partial charge in [0.25, 0.3) is 0 Å². The molecular formula is C12H17NO4. The van der Waals surface area contributed by atoms with Gasteiger partial charge in [-0.2, -0.15) is 0 Å². The van der Waals surface area contributed by atoms with Crippen LogP contribution in [0.5, 0.6) is 0 Å².